The van der Waals surface area contributed by atoms with Crippen LogP contribution in [0.5, 0.6) is 0 Å². The Morgan fingerprint density at radius 3 is 1.74 bits per heavy atom. The van der Waals surface area contributed by atoms with Crippen LogP contribution in [0.2, 0.25) is 0 Å². The number of nitrogens with zero attached hydrogens (tertiary/aromatic N) is 2. The van der Waals surface area contributed by atoms with Crippen LogP contribution in [0.25, 0.3) is 22.6 Å². The molecule has 0 unspecified atom stereocenters. The molecule has 0 amide bonds. The average molecular weight is 555 g/mol. The quantitative estimate of drug-likeness (QED) is 0.127. The lowest BCUT2D eigenvalue weighted by Crippen LogP contribution is -2.50. The lowest BCUT2D eigenvalue weighted by molar-refractivity contribution is 0.0543. The van der Waals surface area contributed by atoms with Crippen molar-refractivity contribution in [2.75, 3.05) is 26.3 Å². The normalized spacial score (nSPS) is 11.8. The van der Waals surface area contributed by atoms with Crippen LogP contribution in [0.4, 0.5) is 0 Å². The molecule has 0 atom stereocenters. The van der Waals surface area contributed by atoms with E-state index in [1.807, 2.05) is 54.6 Å². The summed E-state index contributed by atoms with van der Waals surface area (Å²) in [5.74, 6) is 0.613. The fourth-order valence-electron chi connectivity index (χ4n) is 5.76. The molecule has 0 bridgehead atoms. The van der Waals surface area contributed by atoms with E-state index in [0.29, 0.717) is 32.2 Å². The van der Waals surface area contributed by atoms with Crippen molar-refractivity contribution in [3.05, 3.63) is 162 Å². The van der Waals surface area contributed by atoms with Crippen LogP contribution in [0.15, 0.2) is 144 Å². The molecule has 5 aromatic carbocycles. The number of aliphatic hydroxyl groups excluding tert-OH is 1. The third-order valence-corrected chi connectivity index (χ3v) is 7.69. The lowest BCUT2D eigenvalue weighted by Gasteiger charge is -2.45. The molecule has 6 aromatic rings. The number of hydrogen-bond donors (Lipinski definition) is 1. The zero-order chi connectivity index (χ0) is 28.6. The van der Waals surface area contributed by atoms with Crippen molar-refractivity contribution < 1.29 is 14.3 Å². The molecule has 0 aliphatic rings. The Kier molecular flexibility index (Phi) is 8.52. The summed E-state index contributed by atoms with van der Waals surface area (Å²) >= 11 is 0. The third kappa shape index (κ3) is 5.63. The third-order valence-electron chi connectivity index (χ3n) is 7.69. The standard InChI is InChI=1S/C37H34N2O3/c40-26-24-39(25-27-41-28-29-20-22-30(23-21-29)36-38-34-18-10-11-19-35(34)42-36)37(31-12-4-1-5-13-31,32-14-6-2-7-15-32)33-16-8-3-9-17-33/h1-23,40H,24-28H2. The fraction of sp³-hybridized carbons (Fsp3) is 0.162. The topological polar surface area (TPSA) is 58.7 Å². The Morgan fingerprint density at radius 1 is 0.643 bits per heavy atom. The van der Waals surface area contributed by atoms with Gasteiger partial charge in [0.2, 0.25) is 5.89 Å². The molecule has 5 heteroatoms. The van der Waals surface area contributed by atoms with Gasteiger partial charge in [0.15, 0.2) is 5.58 Å². The number of hydrogen-bond acceptors (Lipinski definition) is 5. The SMILES string of the molecule is OCCN(CCOCc1ccc(-c2nc3ccccc3o2)cc1)C(c1ccccc1)(c1ccccc1)c1ccccc1. The van der Waals surface area contributed by atoms with Gasteiger partial charge in [0.25, 0.3) is 0 Å². The molecule has 0 fully saturated rings. The molecule has 1 aromatic heterocycles. The number of rotatable bonds is 12. The molecule has 210 valence electrons. The highest BCUT2D eigenvalue weighted by molar-refractivity contribution is 5.75. The maximum atomic E-state index is 10.2. The first-order chi connectivity index (χ1) is 20.8. The maximum Gasteiger partial charge on any atom is 0.227 e. The molecule has 6 rings (SSSR count). The number of aliphatic hydroxyl groups is 1. The summed E-state index contributed by atoms with van der Waals surface area (Å²) in [6.45, 7) is 2.13. The summed E-state index contributed by atoms with van der Waals surface area (Å²) in [5.41, 5.74) is 6.47. The predicted molar refractivity (Wildman–Crippen MR) is 167 cm³/mol. The van der Waals surface area contributed by atoms with E-state index in [1.165, 1.54) is 0 Å². The van der Waals surface area contributed by atoms with Crippen LogP contribution < -0.4 is 0 Å². The number of benzene rings is 5. The van der Waals surface area contributed by atoms with Crippen LogP contribution in [-0.4, -0.2) is 41.3 Å². The van der Waals surface area contributed by atoms with E-state index < -0.39 is 5.54 Å². The molecule has 0 spiro atoms. The summed E-state index contributed by atoms with van der Waals surface area (Å²) in [5, 5.41) is 10.2. The van der Waals surface area contributed by atoms with Gasteiger partial charge in [-0.1, -0.05) is 115 Å². The predicted octanol–water partition coefficient (Wildman–Crippen LogP) is 7.30. The molecular weight excluding hydrogens is 520 g/mol. The van der Waals surface area contributed by atoms with Crippen LogP contribution in [0.1, 0.15) is 22.3 Å². The molecule has 1 heterocycles. The van der Waals surface area contributed by atoms with Crippen molar-refractivity contribution in [2.45, 2.75) is 12.1 Å². The second kappa shape index (κ2) is 13.0. The van der Waals surface area contributed by atoms with Gasteiger partial charge in [-0.2, -0.15) is 0 Å². The Balaban J connectivity index is 1.22. The van der Waals surface area contributed by atoms with E-state index >= 15 is 0 Å². The first kappa shape index (κ1) is 27.6. The second-order valence-corrected chi connectivity index (χ2v) is 10.3. The molecule has 0 aliphatic carbocycles. The minimum Gasteiger partial charge on any atom is -0.436 e. The van der Waals surface area contributed by atoms with Gasteiger partial charge in [-0.3, -0.25) is 4.90 Å². The van der Waals surface area contributed by atoms with E-state index in [2.05, 4.69) is 94.8 Å². The lowest BCUT2D eigenvalue weighted by atomic mass is 9.75. The summed E-state index contributed by atoms with van der Waals surface area (Å²) in [4.78, 5) is 6.94. The Bertz CT molecular complexity index is 1550. The maximum absolute atomic E-state index is 10.2. The van der Waals surface area contributed by atoms with Gasteiger partial charge in [-0.15, -0.1) is 0 Å². The number of aromatic nitrogens is 1. The van der Waals surface area contributed by atoms with Gasteiger partial charge < -0.3 is 14.3 Å². The summed E-state index contributed by atoms with van der Waals surface area (Å²) in [6, 6.07) is 47.5. The minimum atomic E-state index is -0.600. The van der Waals surface area contributed by atoms with Crippen LogP contribution in [0.3, 0.4) is 0 Å². The Morgan fingerprint density at radius 2 is 1.19 bits per heavy atom. The van der Waals surface area contributed by atoms with Crippen molar-refractivity contribution in [3.8, 4) is 11.5 Å². The first-order valence-corrected chi connectivity index (χ1v) is 14.3. The largest absolute Gasteiger partial charge is 0.436 e. The molecule has 5 nitrogen and oxygen atoms in total. The van der Waals surface area contributed by atoms with Crippen LogP contribution in [0, 0.1) is 0 Å². The smallest absolute Gasteiger partial charge is 0.227 e. The summed E-state index contributed by atoms with van der Waals surface area (Å²) in [7, 11) is 0. The van der Waals surface area contributed by atoms with Crippen molar-refractivity contribution in [1.82, 2.24) is 9.88 Å². The average Bonchev–Trinajstić information content (AvgIpc) is 3.50. The highest BCUT2D eigenvalue weighted by atomic mass is 16.5. The summed E-state index contributed by atoms with van der Waals surface area (Å²) in [6.07, 6.45) is 0. The van der Waals surface area contributed by atoms with Crippen molar-refractivity contribution in [1.29, 1.82) is 0 Å². The van der Waals surface area contributed by atoms with Crippen molar-refractivity contribution >= 4 is 11.1 Å². The highest BCUT2D eigenvalue weighted by Crippen LogP contribution is 2.42. The van der Waals surface area contributed by atoms with Crippen LogP contribution in [-0.2, 0) is 16.9 Å². The Labute approximate surface area is 246 Å². The number of oxazole rings is 1. The fourth-order valence-corrected chi connectivity index (χ4v) is 5.76. The van der Waals surface area contributed by atoms with E-state index in [1.54, 1.807) is 0 Å². The zero-order valence-corrected chi connectivity index (χ0v) is 23.5. The molecule has 0 aliphatic heterocycles. The Hall–Kier alpha value is -4.55. The molecule has 1 N–H and O–H groups in total. The number of para-hydroxylation sites is 2. The van der Waals surface area contributed by atoms with E-state index in [9.17, 15) is 5.11 Å². The zero-order valence-electron chi connectivity index (χ0n) is 23.5. The van der Waals surface area contributed by atoms with E-state index in [0.717, 1.165) is 38.9 Å². The molecule has 0 saturated carbocycles. The molecule has 0 saturated heterocycles. The molecular formula is C37H34N2O3. The van der Waals surface area contributed by atoms with Gasteiger partial charge in [0, 0.05) is 18.7 Å². The van der Waals surface area contributed by atoms with Gasteiger partial charge >= 0.3 is 0 Å². The van der Waals surface area contributed by atoms with Gasteiger partial charge in [-0.05, 0) is 46.5 Å². The van der Waals surface area contributed by atoms with Crippen molar-refractivity contribution in [2.24, 2.45) is 0 Å². The number of ether oxygens (including phenoxy) is 1. The second-order valence-electron chi connectivity index (χ2n) is 10.3. The number of fused-ring (bicyclic) bond motifs is 1. The minimum absolute atomic E-state index is 0.0333. The highest BCUT2D eigenvalue weighted by Gasteiger charge is 2.41. The monoisotopic (exact) mass is 554 g/mol. The van der Waals surface area contributed by atoms with E-state index in [4.69, 9.17) is 9.15 Å². The van der Waals surface area contributed by atoms with E-state index in [-0.39, 0.29) is 6.61 Å². The first-order valence-electron chi connectivity index (χ1n) is 14.3. The van der Waals surface area contributed by atoms with Crippen LogP contribution >= 0.6 is 0 Å². The molecule has 0 radical (unpaired) electrons. The van der Waals surface area contributed by atoms with Gasteiger partial charge in [0.05, 0.1) is 25.4 Å². The van der Waals surface area contributed by atoms with Gasteiger partial charge in [-0.25, -0.2) is 4.98 Å². The molecule has 42 heavy (non-hydrogen) atoms. The van der Waals surface area contributed by atoms with Crippen molar-refractivity contribution in [3.63, 3.8) is 0 Å². The summed E-state index contributed by atoms with van der Waals surface area (Å²) < 4.78 is 12.1. The van der Waals surface area contributed by atoms with Gasteiger partial charge in [0.1, 0.15) is 5.52 Å².